The Morgan fingerprint density at radius 2 is 1.89 bits per heavy atom. The number of aliphatic hydroxyl groups is 2. The predicted octanol–water partition coefficient (Wildman–Crippen LogP) is -0.755. The van der Waals surface area contributed by atoms with Gasteiger partial charge in [-0.1, -0.05) is 12.2 Å². The minimum absolute atomic E-state index is 0.228. The second-order valence-corrected chi connectivity index (χ2v) is 2.05. The van der Waals surface area contributed by atoms with Crippen LogP contribution in [0.2, 0.25) is 0 Å². The summed E-state index contributed by atoms with van der Waals surface area (Å²) in [7, 11) is 0. The Bertz CT molecular complexity index is 97.2. The highest BCUT2D eigenvalue weighted by atomic mass is 16.3. The highest BCUT2D eigenvalue weighted by molar-refractivity contribution is 5.03. The second-order valence-electron chi connectivity index (χ2n) is 2.05. The van der Waals surface area contributed by atoms with E-state index in [2.05, 4.69) is 0 Å². The minimum atomic E-state index is -0.936. The van der Waals surface area contributed by atoms with Crippen LogP contribution in [-0.2, 0) is 0 Å². The topological polar surface area (TPSA) is 66.5 Å². The van der Waals surface area contributed by atoms with Crippen LogP contribution in [0.25, 0.3) is 0 Å². The first-order valence-electron chi connectivity index (χ1n) is 2.83. The van der Waals surface area contributed by atoms with Gasteiger partial charge < -0.3 is 15.9 Å². The normalized spacial score (nSPS) is 12.9. The number of rotatable bonds is 3. The molecule has 4 N–H and O–H groups in total. The molecular weight excluding hydrogens is 118 g/mol. The van der Waals surface area contributed by atoms with Crippen molar-refractivity contribution in [2.45, 2.75) is 12.5 Å². The molecule has 0 atom stereocenters. The third kappa shape index (κ3) is 2.60. The first-order valence-corrected chi connectivity index (χ1v) is 2.83. The van der Waals surface area contributed by atoms with E-state index in [4.69, 9.17) is 15.9 Å². The zero-order valence-corrected chi connectivity index (χ0v) is 5.54. The van der Waals surface area contributed by atoms with Gasteiger partial charge in [-0.15, -0.1) is 0 Å². The van der Waals surface area contributed by atoms with Crippen LogP contribution >= 0.6 is 0 Å². The Labute approximate surface area is 54.8 Å². The third-order valence-corrected chi connectivity index (χ3v) is 1.09. The maximum atomic E-state index is 8.58. The van der Waals surface area contributed by atoms with Gasteiger partial charge in [0.25, 0.3) is 0 Å². The molecule has 3 nitrogen and oxygen atoms in total. The zero-order chi connectivity index (χ0) is 7.33. The van der Waals surface area contributed by atoms with E-state index in [0.717, 1.165) is 0 Å². The predicted molar refractivity (Wildman–Crippen MR) is 35.9 cm³/mol. The number of hydrogen-bond donors (Lipinski definition) is 3. The molecule has 0 rings (SSSR count). The van der Waals surface area contributed by atoms with Gasteiger partial charge in [-0.2, -0.15) is 0 Å². The van der Waals surface area contributed by atoms with Gasteiger partial charge in [0.05, 0.1) is 18.8 Å². The van der Waals surface area contributed by atoms with Gasteiger partial charge in [0.15, 0.2) is 0 Å². The Kier molecular flexibility index (Phi) is 3.46. The fraction of sp³-hybridized carbons (Fsp3) is 0.667. The van der Waals surface area contributed by atoms with Crippen molar-refractivity contribution >= 4 is 0 Å². The van der Waals surface area contributed by atoms with E-state index in [1.54, 1.807) is 19.1 Å². The van der Waals surface area contributed by atoms with Crippen LogP contribution < -0.4 is 5.73 Å². The van der Waals surface area contributed by atoms with E-state index in [1.807, 2.05) is 0 Å². The number of allylic oxidation sites excluding steroid dienone is 1. The molecule has 0 aromatic heterocycles. The van der Waals surface area contributed by atoms with Gasteiger partial charge >= 0.3 is 0 Å². The van der Waals surface area contributed by atoms with Gasteiger partial charge in [0, 0.05) is 0 Å². The fourth-order valence-electron chi connectivity index (χ4n) is 0.487. The summed E-state index contributed by atoms with van der Waals surface area (Å²) in [4.78, 5) is 0. The van der Waals surface area contributed by atoms with Gasteiger partial charge in [0.1, 0.15) is 0 Å². The molecule has 0 spiro atoms. The second kappa shape index (κ2) is 3.61. The Morgan fingerprint density at radius 1 is 1.44 bits per heavy atom. The molecule has 0 heterocycles. The lowest BCUT2D eigenvalue weighted by atomic mass is 10.0. The van der Waals surface area contributed by atoms with E-state index in [1.165, 1.54) is 0 Å². The van der Waals surface area contributed by atoms with E-state index < -0.39 is 5.54 Å². The molecule has 0 unspecified atom stereocenters. The molecule has 9 heavy (non-hydrogen) atoms. The van der Waals surface area contributed by atoms with Crippen LogP contribution in [0.3, 0.4) is 0 Å². The minimum Gasteiger partial charge on any atom is -0.394 e. The Hall–Kier alpha value is -0.380. The van der Waals surface area contributed by atoms with Crippen molar-refractivity contribution in [3.63, 3.8) is 0 Å². The fourth-order valence-corrected chi connectivity index (χ4v) is 0.487. The van der Waals surface area contributed by atoms with Crippen molar-refractivity contribution in [1.82, 2.24) is 0 Å². The van der Waals surface area contributed by atoms with Crippen molar-refractivity contribution in [3.05, 3.63) is 12.2 Å². The Balaban J connectivity index is 3.92. The summed E-state index contributed by atoms with van der Waals surface area (Å²) >= 11 is 0. The molecule has 0 aliphatic carbocycles. The van der Waals surface area contributed by atoms with Gasteiger partial charge in [-0.3, -0.25) is 0 Å². The molecule has 0 aromatic carbocycles. The molecule has 0 aliphatic heterocycles. The molecule has 0 saturated carbocycles. The first-order chi connectivity index (χ1) is 4.18. The molecule has 54 valence electrons. The zero-order valence-electron chi connectivity index (χ0n) is 5.54. The SMILES string of the molecule is C/C=C/C(N)(CO)CO. The highest BCUT2D eigenvalue weighted by Gasteiger charge is 2.17. The van der Waals surface area contributed by atoms with Gasteiger partial charge in [-0.05, 0) is 6.92 Å². The summed E-state index contributed by atoms with van der Waals surface area (Å²) in [5.41, 5.74) is 4.48. The summed E-state index contributed by atoms with van der Waals surface area (Å²) < 4.78 is 0. The monoisotopic (exact) mass is 131 g/mol. The molecule has 0 aliphatic rings. The lowest BCUT2D eigenvalue weighted by Gasteiger charge is -2.18. The summed E-state index contributed by atoms with van der Waals surface area (Å²) in [5, 5.41) is 17.2. The van der Waals surface area contributed by atoms with Crippen LogP contribution in [0, 0.1) is 0 Å². The van der Waals surface area contributed by atoms with E-state index in [-0.39, 0.29) is 13.2 Å². The van der Waals surface area contributed by atoms with E-state index in [0.29, 0.717) is 0 Å². The van der Waals surface area contributed by atoms with Crippen LogP contribution in [0.1, 0.15) is 6.92 Å². The smallest absolute Gasteiger partial charge is 0.0808 e. The van der Waals surface area contributed by atoms with Gasteiger partial charge in [0.2, 0.25) is 0 Å². The quantitative estimate of drug-likeness (QED) is 0.441. The van der Waals surface area contributed by atoms with E-state index in [9.17, 15) is 0 Å². The number of aliphatic hydroxyl groups excluding tert-OH is 2. The van der Waals surface area contributed by atoms with Crippen LogP contribution in [-0.4, -0.2) is 29.0 Å². The van der Waals surface area contributed by atoms with Crippen molar-refractivity contribution < 1.29 is 10.2 Å². The van der Waals surface area contributed by atoms with Gasteiger partial charge in [-0.25, -0.2) is 0 Å². The highest BCUT2D eigenvalue weighted by Crippen LogP contribution is 1.98. The lowest BCUT2D eigenvalue weighted by molar-refractivity contribution is 0.152. The standard InChI is InChI=1S/C6H13NO2/c1-2-3-6(7,4-8)5-9/h2-3,8-9H,4-5,7H2,1H3/b3-2+. The summed E-state index contributed by atoms with van der Waals surface area (Å²) in [6.07, 6.45) is 3.28. The van der Waals surface area contributed by atoms with Crippen molar-refractivity contribution in [2.75, 3.05) is 13.2 Å². The summed E-state index contributed by atoms with van der Waals surface area (Å²) in [6.45, 7) is 1.33. The largest absolute Gasteiger partial charge is 0.394 e. The maximum Gasteiger partial charge on any atom is 0.0808 e. The summed E-state index contributed by atoms with van der Waals surface area (Å²) in [6, 6.07) is 0. The molecule has 0 aromatic rings. The first kappa shape index (κ1) is 8.62. The number of nitrogens with two attached hydrogens (primary N) is 1. The molecule has 0 radical (unpaired) electrons. The molecule has 0 bridgehead atoms. The average Bonchev–Trinajstić information content (AvgIpc) is 1.89. The van der Waals surface area contributed by atoms with Crippen molar-refractivity contribution in [3.8, 4) is 0 Å². The number of hydrogen-bond acceptors (Lipinski definition) is 3. The van der Waals surface area contributed by atoms with Crippen LogP contribution in [0.15, 0.2) is 12.2 Å². The average molecular weight is 131 g/mol. The summed E-state index contributed by atoms with van der Waals surface area (Å²) in [5.74, 6) is 0. The molecule has 0 fully saturated rings. The molecular formula is C6H13NO2. The third-order valence-electron chi connectivity index (χ3n) is 1.09. The lowest BCUT2D eigenvalue weighted by Crippen LogP contribution is -2.45. The van der Waals surface area contributed by atoms with Crippen LogP contribution in [0.5, 0.6) is 0 Å². The Morgan fingerprint density at radius 3 is 2.00 bits per heavy atom. The van der Waals surface area contributed by atoms with E-state index >= 15 is 0 Å². The van der Waals surface area contributed by atoms with Crippen molar-refractivity contribution in [2.24, 2.45) is 5.73 Å². The molecule has 3 heteroatoms. The molecule has 0 saturated heterocycles. The van der Waals surface area contributed by atoms with Crippen LogP contribution in [0.4, 0.5) is 0 Å². The molecule has 0 amide bonds. The van der Waals surface area contributed by atoms with Crippen molar-refractivity contribution in [1.29, 1.82) is 0 Å². The maximum absolute atomic E-state index is 8.58.